The van der Waals surface area contributed by atoms with Crippen molar-refractivity contribution in [1.29, 1.82) is 0 Å². The number of fused-ring (bicyclic) bond motifs is 1. The van der Waals surface area contributed by atoms with Crippen molar-refractivity contribution in [3.8, 4) is 0 Å². The van der Waals surface area contributed by atoms with E-state index in [0.29, 0.717) is 29.9 Å². The molecule has 0 aliphatic carbocycles. The van der Waals surface area contributed by atoms with E-state index in [0.717, 1.165) is 11.8 Å². The second kappa shape index (κ2) is 5.66. The van der Waals surface area contributed by atoms with Gasteiger partial charge in [-0.3, -0.25) is 9.10 Å². The van der Waals surface area contributed by atoms with Crippen molar-refractivity contribution in [2.75, 3.05) is 22.4 Å². The van der Waals surface area contributed by atoms with Gasteiger partial charge in [0.25, 0.3) is 5.91 Å². The Balaban J connectivity index is 1.82. The van der Waals surface area contributed by atoms with E-state index in [4.69, 9.17) is 0 Å². The summed E-state index contributed by atoms with van der Waals surface area (Å²) >= 11 is 0. The molecular weight excluding hydrogens is 319 g/mol. The molecule has 0 bridgehead atoms. The van der Waals surface area contributed by atoms with Gasteiger partial charge in [0, 0.05) is 17.8 Å². The summed E-state index contributed by atoms with van der Waals surface area (Å²) in [5.74, 6) is -0.696. The van der Waals surface area contributed by atoms with Gasteiger partial charge in [0.1, 0.15) is 5.82 Å². The molecule has 1 heterocycles. The molecule has 1 aliphatic heterocycles. The first-order valence-electron chi connectivity index (χ1n) is 7.02. The van der Waals surface area contributed by atoms with Crippen LogP contribution >= 0.6 is 0 Å². The first-order valence-corrected chi connectivity index (χ1v) is 8.87. The fraction of sp³-hybridized carbons (Fsp3) is 0.188. The summed E-state index contributed by atoms with van der Waals surface area (Å²) < 4.78 is 37.6. The number of amides is 1. The highest BCUT2D eigenvalue weighted by atomic mass is 32.2. The average Bonchev–Trinajstić information content (AvgIpc) is 2.92. The van der Waals surface area contributed by atoms with Crippen molar-refractivity contribution in [3.05, 3.63) is 59.4 Å². The van der Waals surface area contributed by atoms with Crippen molar-refractivity contribution in [2.24, 2.45) is 0 Å². The zero-order chi connectivity index (χ0) is 16.6. The fourth-order valence-electron chi connectivity index (χ4n) is 2.59. The topological polar surface area (TPSA) is 66.5 Å². The molecule has 0 spiro atoms. The number of nitrogens with zero attached hydrogens (tertiary/aromatic N) is 1. The van der Waals surface area contributed by atoms with Gasteiger partial charge >= 0.3 is 0 Å². The van der Waals surface area contributed by atoms with Gasteiger partial charge in [-0.15, -0.1) is 0 Å². The van der Waals surface area contributed by atoms with E-state index in [1.165, 1.54) is 28.6 Å². The molecule has 0 saturated heterocycles. The van der Waals surface area contributed by atoms with E-state index in [-0.39, 0.29) is 11.7 Å². The number of hydrogen-bond donors (Lipinski definition) is 1. The Hall–Kier alpha value is -2.41. The molecule has 1 aliphatic rings. The maximum atomic E-state index is 12.9. The number of carbonyl (C=O) groups is 1. The van der Waals surface area contributed by atoms with E-state index >= 15 is 0 Å². The smallest absolute Gasteiger partial charge is 0.255 e. The zero-order valence-electron chi connectivity index (χ0n) is 12.4. The Morgan fingerprint density at radius 1 is 1.17 bits per heavy atom. The third-order valence-electron chi connectivity index (χ3n) is 3.70. The largest absolute Gasteiger partial charge is 0.322 e. The lowest BCUT2D eigenvalue weighted by Gasteiger charge is -2.16. The summed E-state index contributed by atoms with van der Waals surface area (Å²) in [4.78, 5) is 12.2. The molecule has 120 valence electrons. The number of nitrogens with one attached hydrogen (secondary N) is 1. The maximum absolute atomic E-state index is 12.9. The molecule has 1 N–H and O–H groups in total. The number of anilines is 2. The number of halogens is 1. The number of sulfonamides is 1. The molecule has 23 heavy (non-hydrogen) atoms. The normalized spacial score (nSPS) is 13.7. The van der Waals surface area contributed by atoms with Crippen molar-refractivity contribution >= 4 is 27.3 Å². The summed E-state index contributed by atoms with van der Waals surface area (Å²) in [6.45, 7) is 0.386. The molecule has 5 nitrogen and oxygen atoms in total. The monoisotopic (exact) mass is 334 g/mol. The lowest BCUT2D eigenvalue weighted by Crippen LogP contribution is -2.27. The van der Waals surface area contributed by atoms with Crippen LogP contribution in [0, 0.1) is 5.82 Å². The summed E-state index contributed by atoms with van der Waals surface area (Å²) in [5, 5.41) is 2.68. The minimum absolute atomic E-state index is 0.322. The lowest BCUT2D eigenvalue weighted by molar-refractivity contribution is 0.102. The molecule has 7 heteroatoms. The van der Waals surface area contributed by atoms with Gasteiger partial charge in [-0.25, -0.2) is 12.8 Å². The van der Waals surface area contributed by atoms with Gasteiger partial charge in [0.15, 0.2) is 0 Å². The number of carbonyl (C=O) groups excluding carboxylic acids is 1. The molecule has 2 aromatic rings. The molecule has 0 radical (unpaired) electrons. The molecule has 1 amide bonds. The van der Waals surface area contributed by atoms with Gasteiger partial charge in [-0.05, 0) is 54.4 Å². The van der Waals surface area contributed by atoms with E-state index in [1.54, 1.807) is 18.2 Å². The van der Waals surface area contributed by atoms with E-state index in [2.05, 4.69) is 5.32 Å². The first kappa shape index (κ1) is 15.5. The third kappa shape index (κ3) is 3.19. The number of hydrogen-bond acceptors (Lipinski definition) is 3. The molecule has 0 aromatic heterocycles. The minimum Gasteiger partial charge on any atom is -0.322 e. The first-order chi connectivity index (χ1) is 10.8. The van der Waals surface area contributed by atoms with Crippen LogP contribution < -0.4 is 9.62 Å². The summed E-state index contributed by atoms with van der Waals surface area (Å²) in [6.07, 6.45) is 1.73. The number of benzene rings is 2. The second-order valence-corrected chi connectivity index (χ2v) is 7.30. The molecule has 2 aromatic carbocycles. The van der Waals surface area contributed by atoms with Crippen LogP contribution in [0.15, 0.2) is 42.5 Å². The van der Waals surface area contributed by atoms with Crippen molar-refractivity contribution in [2.45, 2.75) is 6.42 Å². The van der Waals surface area contributed by atoms with Crippen LogP contribution in [0.4, 0.5) is 15.8 Å². The predicted octanol–water partition coefficient (Wildman–Crippen LogP) is 2.40. The fourth-order valence-corrected chi connectivity index (χ4v) is 3.55. The molecule has 0 fully saturated rings. The SMILES string of the molecule is CS(=O)(=O)N1CCc2cc(C(=O)Nc3ccc(F)cc3)ccc21. The average molecular weight is 334 g/mol. The number of rotatable bonds is 3. The van der Waals surface area contributed by atoms with Gasteiger partial charge in [-0.1, -0.05) is 0 Å². The third-order valence-corrected chi connectivity index (χ3v) is 4.88. The van der Waals surface area contributed by atoms with Crippen LogP contribution in [0.5, 0.6) is 0 Å². The van der Waals surface area contributed by atoms with Crippen LogP contribution in [-0.2, 0) is 16.4 Å². The zero-order valence-corrected chi connectivity index (χ0v) is 13.2. The molecule has 3 rings (SSSR count). The van der Waals surface area contributed by atoms with Gasteiger partial charge in [0.2, 0.25) is 10.0 Å². The Kier molecular flexibility index (Phi) is 3.81. The summed E-state index contributed by atoms with van der Waals surface area (Å²) in [5.41, 5.74) is 2.37. The van der Waals surface area contributed by atoms with Crippen LogP contribution in [0.2, 0.25) is 0 Å². The lowest BCUT2D eigenvalue weighted by atomic mass is 10.1. The molecule has 0 atom stereocenters. The van der Waals surface area contributed by atoms with E-state index < -0.39 is 10.0 Å². The molecule has 0 saturated carbocycles. The van der Waals surface area contributed by atoms with Crippen LogP contribution in [0.25, 0.3) is 0 Å². The van der Waals surface area contributed by atoms with Gasteiger partial charge in [0.05, 0.1) is 11.9 Å². The Morgan fingerprint density at radius 3 is 2.52 bits per heavy atom. The molecular formula is C16H15FN2O3S. The van der Waals surface area contributed by atoms with Gasteiger partial charge in [-0.2, -0.15) is 0 Å². The Labute approximate surface area is 133 Å². The van der Waals surface area contributed by atoms with E-state index in [9.17, 15) is 17.6 Å². The standard InChI is InChI=1S/C16H15FN2O3S/c1-23(21,22)19-9-8-11-10-12(2-7-15(11)19)16(20)18-14-5-3-13(17)4-6-14/h2-7,10H,8-9H2,1H3,(H,18,20). The Morgan fingerprint density at radius 2 is 1.87 bits per heavy atom. The highest BCUT2D eigenvalue weighted by Crippen LogP contribution is 2.30. The van der Waals surface area contributed by atoms with Crippen LogP contribution in [0.1, 0.15) is 15.9 Å². The molecule has 0 unspecified atom stereocenters. The summed E-state index contributed by atoms with van der Waals surface area (Å²) in [6, 6.07) is 10.4. The minimum atomic E-state index is -3.30. The van der Waals surface area contributed by atoms with Crippen LogP contribution in [0.3, 0.4) is 0 Å². The quantitative estimate of drug-likeness (QED) is 0.937. The van der Waals surface area contributed by atoms with Crippen molar-refractivity contribution in [1.82, 2.24) is 0 Å². The summed E-state index contributed by atoms with van der Waals surface area (Å²) in [7, 11) is -3.30. The van der Waals surface area contributed by atoms with Crippen molar-refractivity contribution in [3.63, 3.8) is 0 Å². The highest BCUT2D eigenvalue weighted by Gasteiger charge is 2.26. The second-order valence-electron chi connectivity index (χ2n) is 5.39. The Bertz CT molecular complexity index is 863. The van der Waals surface area contributed by atoms with E-state index in [1.807, 2.05) is 0 Å². The van der Waals surface area contributed by atoms with Crippen molar-refractivity contribution < 1.29 is 17.6 Å². The highest BCUT2D eigenvalue weighted by molar-refractivity contribution is 7.92. The maximum Gasteiger partial charge on any atom is 0.255 e. The predicted molar refractivity (Wildman–Crippen MR) is 86.7 cm³/mol. The van der Waals surface area contributed by atoms with Gasteiger partial charge < -0.3 is 5.32 Å². The van der Waals surface area contributed by atoms with Crippen LogP contribution in [-0.4, -0.2) is 27.1 Å².